The lowest BCUT2D eigenvalue weighted by Gasteiger charge is -2.33. The SMILES string of the molecule is COc1ccccc1C(N)C(C)(C)c1ccccc1. The Labute approximate surface area is 115 Å². The van der Waals surface area contributed by atoms with E-state index >= 15 is 0 Å². The second-order valence-corrected chi connectivity index (χ2v) is 5.31. The molecule has 1 unspecified atom stereocenters. The molecular weight excluding hydrogens is 234 g/mol. The highest BCUT2D eigenvalue weighted by molar-refractivity contribution is 5.40. The van der Waals surface area contributed by atoms with Gasteiger partial charge >= 0.3 is 0 Å². The molecule has 0 aromatic heterocycles. The Balaban J connectivity index is 2.40. The molecule has 0 saturated heterocycles. The Morgan fingerprint density at radius 2 is 1.53 bits per heavy atom. The minimum atomic E-state index is -0.157. The Bertz CT molecular complexity index is 534. The number of methoxy groups -OCH3 is 1. The van der Waals surface area contributed by atoms with Gasteiger partial charge in [0.1, 0.15) is 5.75 Å². The van der Waals surface area contributed by atoms with Crippen LogP contribution in [-0.4, -0.2) is 7.11 Å². The Kier molecular flexibility index (Phi) is 3.91. The van der Waals surface area contributed by atoms with Gasteiger partial charge in [-0.2, -0.15) is 0 Å². The predicted molar refractivity (Wildman–Crippen MR) is 79.4 cm³/mol. The van der Waals surface area contributed by atoms with Gasteiger partial charge in [-0.05, 0) is 11.6 Å². The lowest BCUT2D eigenvalue weighted by Crippen LogP contribution is -2.33. The first-order valence-electron chi connectivity index (χ1n) is 6.51. The van der Waals surface area contributed by atoms with Crippen LogP contribution in [-0.2, 0) is 5.41 Å². The maximum atomic E-state index is 6.50. The molecule has 0 spiro atoms. The number of rotatable bonds is 4. The fourth-order valence-electron chi connectivity index (χ4n) is 2.36. The standard InChI is InChI=1S/C17H21NO/c1-17(2,13-9-5-4-6-10-13)16(18)14-11-7-8-12-15(14)19-3/h4-12,16H,18H2,1-3H3. The van der Waals surface area contributed by atoms with Crippen LogP contribution in [0.3, 0.4) is 0 Å². The van der Waals surface area contributed by atoms with Crippen LogP contribution >= 0.6 is 0 Å². The van der Waals surface area contributed by atoms with Crippen molar-refractivity contribution in [1.29, 1.82) is 0 Å². The maximum absolute atomic E-state index is 6.50. The number of hydrogen-bond acceptors (Lipinski definition) is 2. The van der Waals surface area contributed by atoms with E-state index < -0.39 is 0 Å². The molecule has 2 heteroatoms. The van der Waals surface area contributed by atoms with Crippen molar-refractivity contribution in [1.82, 2.24) is 0 Å². The van der Waals surface area contributed by atoms with Gasteiger partial charge in [-0.3, -0.25) is 0 Å². The number of hydrogen-bond donors (Lipinski definition) is 1. The van der Waals surface area contributed by atoms with Crippen molar-refractivity contribution < 1.29 is 4.74 Å². The van der Waals surface area contributed by atoms with Crippen molar-refractivity contribution in [3.8, 4) is 5.75 Å². The van der Waals surface area contributed by atoms with Gasteiger partial charge in [0.15, 0.2) is 0 Å². The maximum Gasteiger partial charge on any atom is 0.123 e. The first-order chi connectivity index (χ1) is 9.07. The number of para-hydroxylation sites is 1. The van der Waals surface area contributed by atoms with E-state index in [1.54, 1.807) is 7.11 Å². The van der Waals surface area contributed by atoms with Crippen LogP contribution in [0.2, 0.25) is 0 Å². The third-order valence-corrected chi connectivity index (χ3v) is 3.77. The number of benzene rings is 2. The van der Waals surface area contributed by atoms with Crippen LogP contribution in [0.4, 0.5) is 0 Å². The largest absolute Gasteiger partial charge is 0.496 e. The quantitative estimate of drug-likeness (QED) is 0.904. The first kappa shape index (κ1) is 13.6. The molecule has 1 atom stereocenters. The van der Waals surface area contributed by atoms with Gasteiger partial charge in [0.2, 0.25) is 0 Å². The zero-order valence-electron chi connectivity index (χ0n) is 11.8. The van der Waals surface area contributed by atoms with Gasteiger partial charge in [0, 0.05) is 17.0 Å². The van der Waals surface area contributed by atoms with E-state index in [4.69, 9.17) is 10.5 Å². The molecular formula is C17H21NO. The smallest absolute Gasteiger partial charge is 0.123 e. The van der Waals surface area contributed by atoms with Gasteiger partial charge in [-0.1, -0.05) is 62.4 Å². The van der Waals surface area contributed by atoms with E-state index in [-0.39, 0.29) is 11.5 Å². The van der Waals surface area contributed by atoms with Crippen molar-refractivity contribution in [3.05, 3.63) is 65.7 Å². The molecule has 2 rings (SSSR count). The molecule has 100 valence electrons. The van der Waals surface area contributed by atoms with Crippen molar-refractivity contribution in [2.24, 2.45) is 5.73 Å². The van der Waals surface area contributed by atoms with Crippen LogP contribution in [0.15, 0.2) is 54.6 Å². The molecule has 2 nitrogen and oxygen atoms in total. The van der Waals surface area contributed by atoms with E-state index in [1.807, 2.05) is 42.5 Å². The van der Waals surface area contributed by atoms with Crippen LogP contribution in [0.5, 0.6) is 5.75 Å². The van der Waals surface area contributed by atoms with E-state index in [2.05, 4.69) is 26.0 Å². The molecule has 2 aromatic rings. The molecule has 2 aromatic carbocycles. The van der Waals surface area contributed by atoms with Crippen molar-refractivity contribution in [2.75, 3.05) is 7.11 Å². The molecule has 0 heterocycles. The van der Waals surface area contributed by atoms with Crippen LogP contribution < -0.4 is 10.5 Å². The summed E-state index contributed by atoms with van der Waals surface area (Å²) in [5.41, 5.74) is 8.61. The molecule has 0 aliphatic heterocycles. The topological polar surface area (TPSA) is 35.2 Å². The Morgan fingerprint density at radius 1 is 0.947 bits per heavy atom. The average Bonchev–Trinajstić information content (AvgIpc) is 2.47. The molecule has 0 bridgehead atoms. The van der Waals surface area contributed by atoms with Crippen molar-refractivity contribution in [3.63, 3.8) is 0 Å². The summed E-state index contributed by atoms with van der Waals surface area (Å²) >= 11 is 0. The molecule has 0 aliphatic carbocycles. The van der Waals surface area contributed by atoms with Gasteiger partial charge in [0.05, 0.1) is 7.11 Å². The highest BCUT2D eigenvalue weighted by Gasteiger charge is 2.31. The molecule has 2 N–H and O–H groups in total. The number of nitrogens with two attached hydrogens (primary N) is 1. The summed E-state index contributed by atoms with van der Waals surface area (Å²) in [6.07, 6.45) is 0. The lowest BCUT2D eigenvalue weighted by atomic mass is 9.75. The number of ether oxygens (including phenoxy) is 1. The van der Waals surface area contributed by atoms with Gasteiger partial charge < -0.3 is 10.5 Å². The molecule has 0 radical (unpaired) electrons. The highest BCUT2D eigenvalue weighted by Crippen LogP contribution is 2.38. The average molecular weight is 255 g/mol. The van der Waals surface area contributed by atoms with Crippen LogP contribution in [0, 0.1) is 0 Å². The van der Waals surface area contributed by atoms with E-state index in [0.717, 1.165) is 11.3 Å². The van der Waals surface area contributed by atoms with Crippen LogP contribution in [0.25, 0.3) is 0 Å². The fourth-order valence-corrected chi connectivity index (χ4v) is 2.36. The fraction of sp³-hybridized carbons (Fsp3) is 0.294. The summed E-state index contributed by atoms with van der Waals surface area (Å²) < 4.78 is 5.42. The Hall–Kier alpha value is -1.80. The summed E-state index contributed by atoms with van der Waals surface area (Å²) in [4.78, 5) is 0. The summed E-state index contributed by atoms with van der Waals surface area (Å²) in [7, 11) is 1.68. The third-order valence-electron chi connectivity index (χ3n) is 3.77. The summed E-state index contributed by atoms with van der Waals surface area (Å²) in [5.74, 6) is 0.846. The normalized spacial score (nSPS) is 13.1. The monoisotopic (exact) mass is 255 g/mol. The van der Waals surface area contributed by atoms with E-state index in [0.29, 0.717) is 0 Å². The molecule has 0 saturated carbocycles. The van der Waals surface area contributed by atoms with Crippen molar-refractivity contribution >= 4 is 0 Å². The zero-order valence-corrected chi connectivity index (χ0v) is 11.8. The molecule has 0 fully saturated rings. The molecule has 0 aliphatic rings. The lowest BCUT2D eigenvalue weighted by molar-refractivity contribution is 0.376. The zero-order chi connectivity index (χ0) is 13.9. The highest BCUT2D eigenvalue weighted by atomic mass is 16.5. The van der Waals surface area contributed by atoms with Gasteiger partial charge in [0.25, 0.3) is 0 Å². The van der Waals surface area contributed by atoms with Crippen molar-refractivity contribution in [2.45, 2.75) is 25.3 Å². The second kappa shape index (κ2) is 5.45. The van der Waals surface area contributed by atoms with Gasteiger partial charge in [-0.15, -0.1) is 0 Å². The summed E-state index contributed by atoms with van der Waals surface area (Å²) in [5, 5.41) is 0. The Morgan fingerprint density at radius 3 is 2.16 bits per heavy atom. The summed E-state index contributed by atoms with van der Waals surface area (Å²) in [6, 6.07) is 18.2. The molecule has 19 heavy (non-hydrogen) atoms. The predicted octanol–water partition coefficient (Wildman–Crippen LogP) is 3.67. The second-order valence-electron chi connectivity index (χ2n) is 5.31. The van der Waals surface area contributed by atoms with E-state index in [9.17, 15) is 0 Å². The minimum Gasteiger partial charge on any atom is -0.496 e. The summed E-state index contributed by atoms with van der Waals surface area (Å²) in [6.45, 7) is 4.33. The van der Waals surface area contributed by atoms with Crippen LogP contribution in [0.1, 0.15) is 31.0 Å². The first-order valence-corrected chi connectivity index (χ1v) is 6.51. The van der Waals surface area contributed by atoms with Gasteiger partial charge in [-0.25, -0.2) is 0 Å². The molecule has 0 amide bonds. The van der Waals surface area contributed by atoms with E-state index in [1.165, 1.54) is 5.56 Å². The third kappa shape index (κ3) is 2.64. The minimum absolute atomic E-state index is 0.119.